The molecule has 1 aromatic rings. The van der Waals surface area contributed by atoms with Crippen molar-refractivity contribution < 1.29 is 4.57 Å². The second-order valence-corrected chi connectivity index (χ2v) is 6.19. The Morgan fingerprint density at radius 3 is 1.80 bits per heavy atom. The monoisotopic (exact) mass is 279 g/mol. The van der Waals surface area contributed by atoms with Crippen LogP contribution in [0, 0.1) is 6.92 Å². The summed E-state index contributed by atoms with van der Waals surface area (Å²) in [6, 6.07) is 0. The molecule has 20 heavy (non-hydrogen) atoms. The molecule has 1 heterocycles. The fraction of sp³-hybridized carbons (Fsp3) is 0.833. The van der Waals surface area contributed by atoms with E-state index in [4.69, 9.17) is 0 Å². The molecule has 0 saturated heterocycles. The lowest BCUT2D eigenvalue weighted by molar-refractivity contribution is -0.677. The Balaban J connectivity index is 1.87. The average Bonchev–Trinajstić information content (AvgIpc) is 2.76. The van der Waals surface area contributed by atoms with Gasteiger partial charge in [-0.3, -0.25) is 0 Å². The Kier molecular flexibility index (Phi) is 9.44. The van der Waals surface area contributed by atoms with Crippen molar-refractivity contribution in [3.63, 3.8) is 0 Å². The average molecular weight is 279 g/mol. The lowest BCUT2D eigenvalue weighted by Gasteiger charge is -2.02. The van der Waals surface area contributed by atoms with Gasteiger partial charge in [-0.15, -0.1) is 0 Å². The normalized spacial score (nSPS) is 11.2. The minimum atomic E-state index is 1.18. The largest absolute Gasteiger partial charge is 0.253 e. The molecule has 2 nitrogen and oxygen atoms in total. The van der Waals surface area contributed by atoms with E-state index in [0.29, 0.717) is 0 Å². The number of aromatic nitrogens is 2. The summed E-state index contributed by atoms with van der Waals surface area (Å²) in [6.45, 7) is 5.66. The highest BCUT2D eigenvalue weighted by atomic mass is 15.1. The summed E-state index contributed by atoms with van der Waals surface area (Å²) < 4.78 is 4.56. The number of imidazole rings is 1. The zero-order valence-corrected chi connectivity index (χ0v) is 14.0. The van der Waals surface area contributed by atoms with Crippen LogP contribution in [-0.2, 0) is 13.6 Å². The van der Waals surface area contributed by atoms with E-state index < -0.39 is 0 Å². The molecule has 1 rings (SSSR count). The molecular weight excluding hydrogens is 244 g/mol. The molecule has 0 N–H and O–H groups in total. The maximum Gasteiger partial charge on any atom is 0.253 e. The van der Waals surface area contributed by atoms with Gasteiger partial charge in [0.15, 0.2) is 0 Å². The third-order valence-corrected chi connectivity index (χ3v) is 4.40. The van der Waals surface area contributed by atoms with Gasteiger partial charge < -0.3 is 0 Å². The van der Waals surface area contributed by atoms with E-state index in [1.54, 1.807) is 0 Å². The minimum Gasteiger partial charge on any atom is -0.237 e. The third kappa shape index (κ3) is 7.12. The molecule has 0 fully saturated rings. The Hall–Kier alpha value is -0.790. The standard InChI is InChI=1S/C18H35N2/c1-4-5-6-7-8-9-10-11-12-13-14-15-20-17-16-19(3)18(20)2/h16-17H,4-15H2,1-3H3/q+1. The first kappa shape index (κ1) is 17.3. The lowest BCUT2D eigenvalue weighted by Crippen LogP contribution is -2.29. The van der Waals surface area contributed by atoms with Crippen LogP contribution in [0.25, 0.3) is 0 Å². The van der Waals surface area contributed by atoms with Crippen LogP contribution in [0.5, 0.6) is 0 Å². The predicted molar refractivity (Wildman–Crippen MR) is 86.8 cm³/mol. The van der Waals surface area contributed by atoms with Gasteiger partial charge >= 0.3 is 0 Å². The van der Waals surface area contributed by atoms with Gasteiger partial charge in [-0.05, 0) is 12.8 Å². The Labute approximate surface area is 126 Å². The topological polar surface area (TPSA) is 8.81 Å². The summed E-state index contributed by atoms with van der Waals surface area (Å²) in [5, 5.41) is 0. The number of unbranched alkanes of at least 4 members (excludes halogenated alkanes) is 10. The molecule has 1 aromatic heterocycles. The van der Waals surface area contributed by atoms with Crippen LogP contribution in [0.15, 0.2) is 12.4 Å². The highest BCUT2D eigenvalue weighted by Crippen LogP contribution is 2.11. The van der Waals surface area contributed by atoms with Crippen LogP contribution < -0.4 is 4.57 Å². The lowest BCUT2D eigenvalue weighted by atomic mass is 10.1. The third-order valence-electron chi connectivity index (χ3n) is 4.40. The van der Waals surface area contributed by atoms with Crippen molar-refractivity contribution in [1.82, 2.24) is 4.57 Å². The molecule has 0 spiro atoms. The van der Waals surface area contributed by atoms with Gasteiger partial charge in [0.25, 0.3) is 5.82 Å². The summed E-state index contributed by atoms with van der Waals surface area (Å²) >= 11 is 0. The first-order valence-electron chi connectivity index (χ1n) is 8.77. The molecule has 0 aliphatic carbocycles. The molecule has 2 heteroatoms. The first-order chi connectivity index (χ1) is 9.75. The molecule has 0 bridgehead atoms. The molecule has 0 atom stereocenters. The highest BCUT2D eigenvalue weighted by molar-refractivity contribution is 4.78. The quantitative estimate of drug-likeness (QED) is 0.379. The molecule has 0 aliphatic heterocycles. The number of hydrogen-bond acceptors (Lipinski definition) is 0. The maximum absolute atomic E-state index is 2.37. The molecule has 0 radical (unpaired) electrons. The molecule has 0 aliphatic rings. The Bertz CT molecular complexity index is 341. The summed E-state index contributed by atoms with van der Waals surface area (Å²) in [5.41, 5.74) is 0. The van der Waals surface area contributed by atoms with Crippen molar-refractivity contribution in [2.45, 2.75) is 91.0 Å². The van der Waals surface area contributed by atoms with Gasteiger partial charge in [0.2, 0.25) is 0 Å². The minimum absolute atomic E-state index is 1.18. The van der Waals surface area contributed by atoms with E-state index >= 15 is 0 Å². The second-order valence-electron chi connectivity index (χ2n) is 6.19. The van der Waals surface area contributed by atoms with Gasteiger partial charge in [0.1, 0.15) is 12.4 Å². The van der Waals surface area contributed by atoms with Gasteiger partial charge in [0.05, 0.1) is 13.6 Å². The van der Waals surface area contributed by atoms with Crippen LogP contribution in [0.4, 0.5) is 0 Å². The molecule has 116 valence electrons. The fourth-order valence-corrected chi connectivity index (χ4v) is 2.78. The first-order valence-corrected chi connectivity index (χ1v) is 8.77. The van der Waals surface area contributed by atoms with Crippen molar-refractivity contribution in [3.8, 4) is 0 Å². The van der Waals surface area contributed by atoms with Crippen LogP contribution in [-0.4, -0.2) is 4.57 Å². The predicted octanol–water partition coefficient (Wildman–Crippen LogP) is 4.93. The smallest absolute Gasteiger partial charge is 0.237 e. The van der Waals surface area contributed by atoms with Crippen molar-refractivity contribution in [1.29, 1.82) is 0 Å². The van der Waals surface area contributed by atoms with Crippen LogP contribution in [0.2, 0.25) is 0 Å². The number of aryl methyl sites for hydroxylation is 2. The molecule has 0 amide bonds. The zero-order chi connectivity index (χ0) is 14.6. The maximum atomic E-state index is 2.37. The van der Waals surface area contributed by atoms with Gasteiger partial charge in [-0.25, -0.2) is 9.13 Å². The molecule has 0 saturated carbocycles. The van der Waals surface area contributed by atoms with Crippen molar-refractivity contribution in [3.05, 3.63) is 18.2 Å². The fourth-order valence-electron chi connectivity index (χ4n) is 2.78. The van der Waals surface area contributed by atoms with Gasteiger partial charge in [-0.1, -0.05) is 64.7 Å². The van der Waals surface area contributed by atoms with Crippen molar-refractivity contribution >= 4 is 0 Å². The van der Waals surface area contributed by atoms with E-state index in [0.717, 1.165) is 0 Å². The van der Waals surface area contributed by atoms with Crippen LogP contribution in [0.3, 0.4) is 0 Å². The van der Waals surface area contributed by atoms with E-state index in [1.807, 2.05) is 0 Å². The highest BCUT2D eigenvalue weighted by Gasteiger charge is 2.07. The van der Waals surface area contributed by atoms with E-state index in [2.05, 4.69) is 42.4 Å². The number of nitrogens with zero attached hydrogens (tertiary/aromatic N) is 2. The Morgan fingerprint density at radius 2 is 1.35 bits per heavy atom. The van der Waals surface area contributed by atoms with Crippen molar-refractivity contribution in [2.75, 3.05) is 0 Å². The summed E-state index contributed by atoms with van der Waals surface area (Å²) in [4.78, 5) is 0. The second kappa shape index (κ2) is 10.9. The number of rotatable bonds is 12. The van der Waals surface area contributed by atoms with E-state index in [-0.39, 0.29) is 0 Å². The molecular formula is C18H35N2+. The van der Waals surface area contributed by atoms with Gasteiger partial charge in [-0.2, -0.15) is 0 Å². The van der Waals surface area contributed by atoms with Gasteiger partial charge in [0, 0.05) is 6.92 Å². The Morgan fingerprint density at radius 1 is 0.850 bits per heavy atom. The molecule has 0 unspecified atom stereocenters. The summed E-state index contributed by atoms with van der Waals surface area (Å²) in [5.74, 6) is 1.36. The van der Waals surface area contributed by atoms with E-state index in [9.17, 15) is 0 Å². The SMILES string of the molecule is CCCCCCCCCCCCCn1cc[n+](C)c1C. The number of hydrogen-bond donors (Lipinski definition) is 0. The zero-order valence-electron chi connectivity index (χ0n) is 14.0. The van der Waals surface area contributed by atoms with Crippen LogP contribution >= 0.6 is 0 Å². The summed E-state index contributed by atoms with van der Waals surface area (Å²) in [7, 11) is 2.12. The van der Waals surface area contributed by atoms with Crippen LogP contribution in [0.1, 0.15) is 83.4 Å². The van der Waals surface area contributed by atoms with E-state index in [1.165, 1.54) is 83.0 Å². The molecule has 0 aromatic carbocycles. The van der Waals surface area contributed by atoms with Crippen molar-refractivity contribution in [2.24, 2.45) is 7.05 Å². The summed E-state index contributed by atoms with van der Waals surface area (Å²) in [6.07, 6.45) is 20.0.